The number of hydrogen-bond donors (Lipinski definition) is 0. The summed E-state index contributed by atoms with van der Waals surface area (Å²) < 4.78 is 42.2. The van der Waals surface area contributed by atoms with E-state index in [0.717, 1.165) is 0 Å². The van der Waals surface area contributed by atoms with Crippen LogP contribution in [0.25, 0.3) is 0 Å². The quantitative estimate of drug-likeness (QED) is 0.237. The summed E-state index contributed by atoms with van der Waals surface area (Å²) >= 11 is 0. The molecule has 4 rings (SSSR count). The van der Waals surface area contributed by atoms with E-state index in [1.807, 2.05) is 13.8 Å². The summed E-state index contributed by atoms with van der Waals surface area (Å²) in [4.78, 5) is 76.4. The number of hydrogen-bond acceptors (Lipinski definition) is 13. The van der Waals surface area contributed by atoms with Gasteiger partial charge in [-0.2, -0.15) is 0 Å². The fourth-order valence-corrected chi connectivity index (χ4v) is 8.67. The van der Waals surface area contributed by atoms with E-state index in [9.17, 15) is 28.8 Å². The lowest BCUT2D eigenvalue weighted by Crippen LogP contribution is -2.80. The SMILES string of the molecule is CC(=O)O[C@H]1[C@@H]2[C@]3(OC(C)=O)CO[C@@H]3C[C@H](OC(C)=O)[C@@]2(C)[C@@H](OC(C)=O)[C@H](OC(C)=O)C2=C(C)[C@@H](OC(C)=O)C[C@@H]1C2(C)C. The summed E-state index contributed by atoms with van der Waals surface area (Å²) in [6.07, 6.45) is -6.11. The molecule has 250 valence electrons. The maximum Gasteiger partial charge on any atom is 0.303 e. The minimum atomic E-state index is -1.50. The molecule has 0 amide bonds. The highest BCUT2D eigenvalue weighted by molar-refractivity contribution is 5.70. The van der Waals surface area contributed by atoms with Crippen molar-refractivity contribution in [1.29, 1.82) is 0 Å². The normalized spacial score (nSPS) is 38.0. The van der Waals surface area contributed by atoms with Crippen molar-refractivity contribution in [2.45, 2.75) is 124 Å². The Morgan fingerprint density at radius 3 is 1.73 bits per heavy atom. The van der Waals surface area contributed by atoms with Crippen LogP contribution in [-0.4, -0.2) is 84.6 Å². The van der Waals surface area contributed by atoms with Crippen molar-refractivity contribution >= 4 is 35.8 Å². The van der Waals surface area contributed by atoms with E-state index < -0.39 is 101 Å². The lowest BCUT2D eigenvalue weighted by atomic mass is 9.45. The van der Waals surface area contributed by atoms with Crippen LogP contribution >= 0.6 is 0 Å². The van der Waals surface area contributed by atoms with E-state index in [0.29, 0.717) is 11.1 Å². The molecule has 1 heterocycles. The van der Waals surface area contributed by atoms with Gasteiger partial charge in [0.1, 0.15) is 24.4 Å². The molecule has 2 saturated carbocycles. The summed E-state index contributed by atoms with van der Waals surface area (Å²) in [7, 11) is 0. The van der Waals surface area contributed by atoms with Gasteiger partial charge in [0.05, 0.1) is 17.9 Å². The molecule has 1 aliphatic heterocycles. The largest absolute Gasteiger partial charge is 0.462 e. The first-order valence-corrected chi connectivity index (χ1v) is 15.2. The van der Waals surface area contributed by atoms with E-state index >= 15 is 0 Å². The van der Waals surface area contributed by atoms with Crippen molar-refractivity contribution < 1.29 is 61.9 Å². The van der Waals surface area contributed by atoms with Gasteiger partial charge in [-0.1, -0.05) is 20.8 Å². The smallest absolute Gasteiger partial charge is 0.303 e. The monoisotopic (exact) mass is 636 g/mol. The van der Waals surface area contributed by atoms with E-state index in [4.69, 9.17) is 33.2 Å². The highest BCUT2D eigenvalue weighted by atomic mass is 16.6. The molecular formula is C32H44O13. The van der Waals surface area contributed by atoms with Gasteiger partial charge in [-0.05, 0) is 29.9 Å². The first kappa shape index (κ1) is 34.4. The van der Waals surface area contributed by atoms with Crippen molar-refractivity contribution in [3.63, 3.8) is 0 Å². The third-order valence-electron chi connectivity index (χ3n) is 10.1. The van der Waals surface area contributed by atoms with E-state index in [1.54, 1.807) is 13.8 Å². The molecule has 0 radical (unpaired) electrons. The Morgan fingerprint density at radius 1 is 0.711 bits per heavy atom. The summed E-state index contributed by atoms with van der Waals surface area (Å²) in [5.41, 5.74) is -2.76. The minimum absolute atomic E-state index is 0.0410. The van der Waals surface area contributed by atoms with Gasteiger partial charge >= 0.3 is 35.8 Å². The molecule has 0 aromatic heterocycles. The molecule has 0 unspecified atom stereocenters. The maximum absolute atomic E-state index is 12.9. The number of esters is 6. The van der Waals surface area contributed by atoms with Crippen molar-refractivity contribution in [1.82, 2.24) is 0 Å². The van der Waals surface area contributed by atoms with E-state index in [-0.39, 0.29) is 19.4 Å². The molecule has 3 fully saturated rings. The zero-order valence-corrected chi connectivity index (χ0v) is 27.5. The standard InChI is InChI=1S/C32H44O13/c1-14-22(40-15(2)33)11-21-26(42-17(4)35)28-31(10,23(41-16(3)34)12-24-32(28,13-39-24)45-20(7)38)29(44-19(6)37)27(43-18(5)36)25(14)30(21,8)9/h21-24,26-29H,11-13H2,1-10H3/t21-,22-,23-,24+,26+,27+,28-,29-,31+,32-/m0/s1. The Balaban J connectivity index is 2.18. The molecule has 0 aromatic carbocycles. The fourth-order valence-electron chi connectivity index (χ4n) is 8.67. The molecule has 2 bridgehead atoms. The van der Waals surface area contributed by atoms with E-state index in [1.165, 1.54) is 41.5 Å². The Bertz CT molecular complexity index is 1320. The number of ether oxygens (including phenoxy) is 7. The predicted molar refractivity (Wildman–Crippen MR) is 153 cm³/mol. The predicted octanol–water partition coefficient (Wildman–Crippen LogP) is 2.75. The van der Waals surface area contributed by atoms with Gasteiger partial charge in [0.2, 0.25) is 0 Å². The second-order valence-electron chi connectivity index (χ2n) is 13.4. The molecule has 10 atom stereocenters. The van der Waals surface area contributed by atoms with Gasteiger partial charge in [0.25, 0.3) is 0 Å². The Labute approximate surface area is 262 Å². The van der Waals surface area contributed by atoms with Crippen LogP contribution in [0.1, 0.15) is 82.1 Å². The lowest BCUT2D eigenvalue weighted by molar-refractivity contribution is -0.356. The lowest BCUT2D eigenvalue weighted by Gasteiger charge is -2.68. The minimum Gasteiger partial charge on any atom is -0.462 e. The number of rotatable bonds is 6. The van der Waals surface area contributed by atoms with Gasteiger partial charge in [-0.15, -0.1) is 0 Å². The van der Waals surface area contributed by atoms with Crippen molar-refractivity contribution in [3.05, 3.63) is 11.1 Å². The zero-order valence-electron chi connectivity index (χ0n) is 27.5. The Kier molecular flexibility index (Phi) is 9.20. The van der Waals surface area contributed by atoms with Gasteiger partial charge in [0, 0.05) is 53.9 Å². The van der Waals surface area contributed by atoms with Crippen LogP contribution in [0.5, 0.6) is 0 Å². The highest BCUT2D eigenvalue weighted by Gasteiger charge is 2.77. The second-order valence-corrected chi connectivity index (χ2v) is 13.4. The van der Waals surface area contributed by atoms with Crippen LogP contribution in [0.15, 0.2) is 11.1 Å². The van der Waals surface area contributed by atoms with Crippen LogP contribution in [0.3, 0.4) is 0 Å². The second kappa shape index (κ2) is 12.0. The summed E-state index contributed by atoms with van der Waals surface area (Å²) in [6, 6.07) is 0. The highest BCUT2D eigenvalue weighted by Crippen LogP contribution is 2.65. The first-order valence-electron chi connectivity index (χ1n) is 15.2. The fraction of sp³-hybridized carbons (Fsp3) is 0.750. The van der Waals surface area contributed by atoms with Crippen LogP contribution in [0.2, 0.25) is 0 Å². The summed E-state index contributed by atoms with van der Waals surface area (Å²) in [5.74, 6) is -5.53. The van der Waals surface area contributed by atoms with Crippen LogP contribution in [-0.2, 0) is 61.9 Å². The van der Waals surface area contributed by atoms with Crippen LogP contribution in [0.4, 0.5) is 0 Å². The molecule has 13 heteroatoms. The average molecular weight is 637 g/mol. The molecule has 4 aliphatic rings. The Hall–Kier alpha value is -3.48. The number of fused-ring (bicyclic) bond motifs is 5. The third-order valence-corrected chi connectivity index (χ3v) is 10.1. The molecule has 0 aromatic rings. The topological polar surface area (TPSA) is 167 Å². The molecule has 0 spiro atoms. The van der Waals surface area contributed by atoms with Gasteiger partial charge in [0.15, 0.2) is 17.8 Å². The summed E-state index contributed by atoms with van der Waals surface area (Å²) in [5, 5.41) is 0. The first-order chi connectivity index (χ1) is 20.8. The van der Waals surface area contributed by atoms with Crippen molar-refractivity contribution in [2.75, 3.05) is 6.61 Å². The summed E-state index contributed by atoms with van der Waals surface area (Å²) in [6.45, 7) is 14.6. The van der Waals surface area contributed by atoms with Gasteiger partial charge < -0.3 is 33.2 Å². The Morgan fingerprint density at radius 2 is 1.27 bits per heavy atom. The number of carbonyl (C=O) groups excluding carboxylic acids is 6. The van der Waals surface area contributed by atoms with E-state index in [2.05, 4.69) is 0 Å². The molecule has 1 saturated heterocycles. The zero-order chi connectivity index (χ0) is 33.8. The van der Waals surface area contributed by atoms with Crippen LogP contribution < -0.4 is 0 Å². The van der Waals surface area contributed by atoms with Crippen LogP contribution in [0, 0.1) is 22.7 Å². The van der Waals surface area contributed by atoms with Gasteiger partial charge in [-0.3, -0.25) is 28.8 Å². The molecule has 3 aliphatic carbocycles. The number of carbonyl (C=O) groups is 6. The molecular weight excluding hydrogens is 592 g/mol. The van der Waals surface area contributed by atoms with Gasteiger partial charge in [-0.25, -0.2) is 0 Å². The van der Waals surface area contributed by atoms with Crippen molar-refractivity contribution in [2.24, 2.45) is 22.7 Å². The average Bonchev–Trinajstić information content (AvgIpc) is 2.86. The maximum atomic E-state index is 12.9. The molecule has 13 nitrogen and oxygen atoms in total. The third kappa shape index (κ3) is 5.83. The van der Waals surface area contributed by atoms with Crippen molar-refractivity contribution in [3.8, 4) is 0 Å². The molecule has 0 N–H and O–H groups in total. The molecule has 45 heavy (non-hydrogen) atoms.